The predicted molar refractivity (Wildman–Crippen MR) is 190 cm³/mol. The van der Waals surface area contributed by atoms with Gasteiger partial charge in [0.25, 0.3) is 5.91 Å². The van der Waals surface area contributed by atoms with Gasteiger partial charge in [0.15, 0.2) is 5.82 Å². The molecule has 4 amide bonds. The zero-order valence-electron chi connectivity index (χ0n) is 29.4. The highest BCUT2D eigenvalue weighted by Crippen LogP contribution is 2.40. The molecule has 52 heavy (non-hydrogen) atoms. The molecular formula is C38H40F3N7O4. The molecule has 6 rings (SSSR count). The van der Waals surface area contributed by atoms with Gasteiger partial charge in [0.1, 0.15) is 28.7 Å². The molecule has 0 spiro atoms. The zero-order chi connectivity index (χ0) is 37.2. The van der Waals surface area contributed by atoms with Crippen LogP contribution in [-0.2, 0) is 17.7 Å². The zero-order valence-corrected chi connectivity index (χ0v) is 29.4. The van der Waals surface area contributed by atoms with Gasteiger partial charge in [-0.3, -0.25) is 4.79 Å². The molecule has 0 radical (unpaired) electrons. The minimum atomic E-state index is -0.950. The fraction of sp³-hybridized carbons (Fsp3) is 0.342. The molecule has 4 aromatic rings. The average Bonchev–Trinajstić information content (AvgIpc) is 3.09. The molecule has 2 aliphatic rings. The van der Waals surface area contributed by atoms with Crippen molar-refractivity contribution in [1.29, 1.82) is 0 Å². The number of piperidine rings is 1. The summed E-state index contributed by atoms with van der Waals surface area (Å²) in [5, 5.41) is 8.51. The van der Waals surface area contributed by atoms with E-state index in [1.807, 2.05) is 11.8 Å². The monoisotopic (exact) mass is 715 g/mol. The number of para-hydroxylation sites is 1. The van der Waals surface area contributed by atoms with Crippen molar-refractivity contribution >= 4 is 35.5 Å². The van der Waals surface area contributed by atoms with Crippen molar-refractivity contribution in [3.8, 4) is 11.3 Å². The molecule has 3 heterocycles. The summed E-state index contributed by atoms with van der Waals surface area (Å²) >= 11 is 0. The molecule has 14 heteroatoms. The molecule has 1 saturated heterocycles. The molecule has 272 valence electrons. The minimum Gasteiger partial charge on any atom is -0.444 e. The summed E-state index contributed by atoms with van der Waals surface area (Å²) in [6, 6.07) is 13.6. The number of amides is 4. The fourth-order valence-electron chi connectivity index (χ4n) is 6.21. The first-order chi connectivity index (χ1) is 24.8. The van der Waals surface area contributed by atoms with Gasteiger partial charge < -0.3 is 25.6 Å². The smallest absolute Gasteiger partial charge is 0.407 e. The van der Waals surface area contributed by atoms with Crippen LogP contribution >= 0.6 is 0 Å². The highest BCUT2D eigenvalue weighted by molar-refractivity contribution is 6.02. The quantitative estimate of drug-likeness (QED) is 0.185. The normalized spacial score (nSPS) is 14.8. The van der Waals surface area contributed by atoms with Crippen molar-refractivity contribution in [3.05, 3.63) is 100 Å². The maximum atomic E-state index is 15.2. The van der Waals surface area contributed by atoms with E-state index in [9.17, 15) is 18.8 Å². The van der Waals surface area contributed by atoms with Crippen LogP contribution in [0, 0.1) is 24.4 Å². The summed E-state index contributed by atoms with van der Waals surface area (Å²) < 4.78 is 49.2. The molecule has 0 unspecified atom stereocenters. The van der Waals surface area contributed by atoms with Gasteiger partial charge in [0.05, 0.1) is 12.2 Å². The number of carbonyl (C=O) groups excluding carboxylic acids is 3. The number of alkyl carbamates (subject to hydrolysis) is 1. The van der Waals surface area contributed by atoms with Crippen LogP contribution in [-0.4, -0.2) is 59.3 Å². The van der Waals surface area contributed by atoms with Crippen LogP contribution in [0.4, 0.5) is 40.2 Å². The van der Waals surface area contributed by atoms with Gasteiger partial charge in [-0.05, 0) is 94.5 Å². The third kappa shape index (κ3) is 8.11. The number of carbonyl (C=O) groups is 3. The van der Waals surface area contributed by atoms with Crippen LogP contribution in [0.5, 0.6) is 0 Å². The first-order valence-electron chi connectivity index (χ1n) is 17.1. The van der Waals surface area contributed by atoms with Crippen molar-refractivity contribution in [2.45, 2.75) is 65.1 Å². The van der Waals surface area contributed by atoms with Crippen LogP contribution in [0.1, 0.15) is 60.7 Å². The molecule has 3 N–H and O–H groups in total. The number of halogens is 3. The van der Waals surface area contributed by atoms with Crippen LogP contribution in [0.3, 0.4) is 0 Å². The molecular weight excluding hydrogens is 675 g/mol. The molecule has 0 saturated carbocycles. The SMILES string of the molecule is Cc1ccc(C(=O)NCCc2ccc(F)cc2)cc1-c1nc(N2CCC(NC(=O)OC(C)(C)C)CC2)nc2c1CNC(=O)N2c1c(F)cccc1F. The van der Waals surface area contributed by atoms with Gasteiger partial charge in [-0.1, -0.05) is 24.3 Å². The minimum absolute atomic E-state index is 0.00954. The second-order valence-corrected chi connectivity index (χ2v) is 13.8. The Labute approximate surface area is 299 Å². The van der Waals surface area contributed by atoms with Crippen molar-refractivity contribution in [3.63, 3.8) is 0 Å². The molecule has 2 aliphatic heterocycles. The maximum Gasteiger partial charge on any atom is 0.407 e. The summed E-state index contributed by atoms with van der Waals surface area (Å²) in [6.45, 7) is 8.34. The van der Waals surface area contributed by atoms with Crippen molar-refractivity contribution < 1.29 is 32.3 Å². The van der Waals surface area contributed by atoms with Crippen LogP contribution in [0.25, 0.3) is 11.3 Å². The average molecular weight is 716 g/mol. The lowest BCUT2D eigenvalue weighted by Crippen LogP contribution is -2.47. The van der Waals surface area contributed by atoms with E-state index >= 15 is 8.78 Å². The van der Waals surface area contributed by atoms with E-state index in [1.165, 1.54) is 18.2 Å². The van der Waals surface area contributed by atoms with E-state index < -0.39 is 35.0 Å². The molecule has 1 aromatic heterocycles. The lowest BCUT2D eigenvalue weighted by Gasteiger charge is -2.35. The van der Waals surface area contributed by atoms with Gasteiger partial charge in [-0.15, -0.1) is 0 Å². The van der Waals surface area contributed by atoms with Crippen molar-refractivity contribution in [1.82, 2.24) is 25.9 Å². The highest BCUT2D eigenvalue weighted by atomic mass is 19.1. The molecule has 1 fully saturated rings. The predicted octanol–water partition coefficient (Wildman–Crippen LogP) is 6.70. The number of urea groups is 1. The highest BCUT2D eigenvalue weighted by Gasteiger charge is 2.35. The standard InChI is InChI=1S/C38H40F3N7O4/c1-22-8-11-24(34(49)42-17-14-23-9-12-25(39)13-10-23)20-27(22)31-28-21-43-36(50)48(32-29(40)6-5-7-30(32)41)33(28)46-35(45-31)47-18-15-26(16-19-47)44-37(51)52-38(2,3)4/h5-13,20,26H,14-19,21H2,1-4H3,(H,42,49)(H,43,50)(H,44,51). The van der Waals surface area contributed by atoms with Crippen LogP contribution in [0.15, 0.2) is 60.7 Å². The molecule has 0 atom stereocenters. The van der Waals surface area contributed by atoms with E-state index in [-0.39, 0.29) is 36.1 Å². The number of nitrogens with zero attached hydrogens (tertiary/aromatic N) is 4. The number of benzene rings is 3. The first-order valence-corrected chi connectivity index (χ1v) is 17.1. The Bertz CT molecular complexity index is 1970. The Kier molecular flexibility index (Phi) is 10.4. The van der Waals surface area contributed by atoms with Crippen LogP contribution < -0.4 is 25.8 Å². The molecule has 11 nitrogen and oxygen atoms in total. The lowest BCUT2D eigenvalue weighted by molar-refractivity contribution is 0.0497. The Morgan fingerprint density at radius 2 is 1.67 bits per heavy atom. The van der Waals surface area contributed by atoms with E-state index in [2.05, 4.69) is 16.0 Å². The van der Waals surface area contributed by atoms with Gasteiger partial charge in [0, 0.05) is 42.4 Å². The summed E-state index contributed by atoms with van der Waals surface area (Å²) in [6.07, 6.45) is 1.06. The number of nitrogens with one attached hydrogen (secondary N) is 3. The molecule has 0 aliphatic carbocycles. The summed E-state index contributed by atoms with van der Waals surface area (Å²) in [7, 11) is 0. The van der Waals surface area contributed by atoms with Crippen molar-refractivity contribution in [2.75, 3.05) is 29.4 Å². The summed E-state index contributed by atoms with van der Waals surface area (Å²) in [5.74, 6) is -2.35. The first kappa shape index (κ1) is 36.1. The van der Waals surface area contributed by atoms with Crippen molar-refractivity contribution in [2.24, 2.45) is 0 Å². The second-order valence-electron chi connectivity index (χ2n) is 13.8. The number of rotatable bonds is 8. The van der Waals surface area contributed by atoms with E-state index in [0.717, 1.165) is 28.2 Å². The number of hydrogen-bond acceptors (Lipinski definition) is 7. The number of aromatic nitrogens is 2. The topological polar surface area (TPSA) is 129 Å². The van der Waals surface area contributed by atoms with E-state index in [0.29, 0.717) is 61.3 Å². The Balaban J connectivity index is 1.34. The third-order valence-electron chi connectivity index (χ3n) is 8.83. The fourth-order valence-corrected chi connectivity index (χ4v) is 6.21. The van der Waals surface area contributed by atoms with Gasteiger partial charge >= 0.3 is 12.1 Å². The third-order valence-corrected chi connectivity index (χ3v) is 8.83. The van der Waals surface area contributed by atoms with E-state index in [4.69, 9.17) is 14.7 Å². The molecule has 0 bridgehead atoms. The number of ether oxygens (including phenoxy) is 1. The summed E-state index contributed by atoms with van der Waals surface area (Å²) in [4.78, 5) is 51.6. The largest absolute Gasteiger partial charge is 0.444 e. The molecule has 3 aromatic carbocycles. The number of fused-ring (bicyclic) bond motifs is 1. The Hall–Kier alpha value is -5.66. The number of aryl methyl sites for hydroxylation is 1. The lowest BCUT2D eigenvalue weighted by atomic mass is 9.97. The Morgan fingerprint density at radius 1 is 0.981 bits per heavy atom. The number of hydrogen-bond donors (Lipinski definition) is 3. The van der Waals surface area contributed by atoms with Gasteiger partial charge in [-0.25, -0.2) is 32.6 Å². The second kappa shape index (κ2) is 14.9. The van der Waals surface area contributed by atoms with Crippen LogP contribution in [0.2, 0.25) is 0 Å². The van der Waals surface area contributed by atoms with E-state index in [1.54, 1.807) is 51.1 Å². The van der Waals surface area contributed by atoms with Gasteiger partial charge in [-0.2, -0.15) is 4.98 Å². The maximum absolute atomic E-state index is 15.2. The van der Waals surface area contributed by atoms with Gasteiger partial charge in [0.2, 0.25) is 5.95 Å². The number of anilines is 3. The Morgan fingerprint density at radius 3 is 2.35 bits per heavy atom. The summed E-state index contributed by atoms with van der Waals surface area (Å²) in [5.41, 5.74) is 2.11.